The Labute approximate surface area is 230 Å². The van der Waals surface area contributed by atoms with E-state index in [1.165, 1.54) is 17.0 Å². The molecule has 0 saturated heterocycles. The summed E-state index contributed by atoms with van der Waals surface area (Å²) in [5.74, 6) is -1.07. The second-order valence-electron chi connectivity index (χ2n) is 8.10. The fourth-order valence-corrected chi connectivity index (χ4v) is 4.99. The summed E-state index contributed by atoms with van der Waals surface area (Å²) in [4.78, 5) is 27.5. The molecule has 1 N–H and O–H groups in total. The third kappa shape index (κ3) is 8.03. The maximum Gasteiger partial charge on any atom is 0.244 e. The van der Waals surface area contributed by atoms with E-state index in [4.69, 9.17) is 58.0 Å². The molecule has 7 nitrogen and oxygen atoms in total. The summed E-state index contributed by atoms with van der Waals surface area (Å²) in [5.41, 5.74) is 0.570. The van der Waals surface area contributed by atoms with Crippen molar-refractivity contribution >= 4 is 85.5 Å². The average molecular weight is 604 g/mol. The van der Waals surface area contributed by atoms with Crippen LogP contribution in [0.2, 0.25) is 25.1 Å². The van der Waals surface area contributed by atoms with E-state index in [2.05, 4.69) is 5.32 Å². The first-order valence-electron chi connectivity index (χ1n) is 10.3. The van der Waals surface area contributed by atoms with Crippen molar-refractivity contribution in [1.29, 1.82) is 0 Å². The van der Waals surface area contributed by atoms with Crippen LogP contribution < -0.4 is 9.62 Å². The molecule has 0 spiro atoms. The highest BCUT2D eigenvalue weighted by Gasteiger charge is 2.31. The van der Waals surface area contributed by atoms with Crippen molar-refractivity contribution in [3.8, 4) is 0 Å². The smallest absolute Gasteiger partial charge is 0.244 e. The van der Waals surface area contributed by atoms with Crippen molar-refractivity contribution in [2.24, 2.45) is 0 Å². The lowest BCUT2D eigenvalue weighted by Gasteiger charge is -2.32. The summed E-state index contributed by atoms with van der Waals surface area (Å²) in [6, 6.07) is 6.24. The van der Waals surface area contributed by atoms with Gasteiger partial charge in [-0.3, -0.25) is 13.9 Å². The number of anilines is 1. The predicted octanol–water partition coefficient (Wildman–Crippen LogP) is 5.66. The zero-order chi connectivity index (χ0) is 26.7. The molecule has 0 unspecified atom stereocenters. The lowest BCUT2D eigenvalue weighted by Crippen LogP contribution is -2.52. The minimum atomic E-state index is -3.99. The third-order valence-corrected chi connectivity index (χ3v) is 7.76. The number of carbonyl (C=O) groups is 2. The van der Waals surface area contributed by atoms with Gasteiger partial charge in [-0.2, -0.15) is 0 Å². The number of nitrogens with one attached hydrogen (secondary N) is 1. The van der Waals surface area contributed by atoms with Crippen LogP contribution in [-0.4, -0.2) is 50.0 Å². The molecular formula is C22H24Cl5N3O4S. The Morgan fingerprint density at radius 3 is 2.00 bits per heavy atom. The van der Waals surface area contributed by atoms with Gasteiger partial charge in [-0.15, -0.1) is 0 Å². The van der Waals surface area contributed by atoms with Gasteiger partial charge >= 0.3 is 0 Å². The van der Waals surface area contributed by atoms with Crippen LogP contribution in [0.25, 0.3) is 0 Å². The van der Waals surface area contributed by atoms with Gasteiger partial charge in [0.2, 0.25) is 21.8 Å². The standard InChI is InChI=1S/C22H24Cl5N3O4S/c1-12(2)28-22(32)13(3)29(10-14-5-6-15(23)16(24)7-14)21(31)11-30(35(4,33)34)20-9-18(26)17(25)8-19(20)27/h5-9,12-13H,10-11H2,1-4H3,(H,28,32)/t13-/m1/s1. The van der Waals surface area contributed by atoms with Crippen LogP contribution >= 0.6 is 58.0 Å². The molecule has 192 valence electrons. The summed E-state index contributed by atoms with van der Waals surface area (Å²) in [7, 11) is -3.99. The number of rotatable bonds is 9. The van der Waals surface area contributed by atoms with E-state index in [0.717, 1.165) is 10.6 Å². The molecule has 0 bridgehead atoms. The van der Waals surface area contributed by atoms with Crippen molar-refractivity contribution in [2.45, 2.75) is 39.4 Å². The second kappa shape index (κ2) is 12.2. The number of carbonyl (C=O) groups excluding carboxylic acids is 2. The van der Waals surface area contributed by atoms with Crippen molar-refractivity contribution in [3.63, 3.8) is 0 Å². The highest BCUT2D eigenvalue weighted by atomic mass is 35.5. The van der Waals surface area contributed by atoms with Crippen LogP contribution in [0.15, 0.2) is 30.3 Å². The molecule has 0 aliphatic rings. The first-order chi connectivity index (χ1) is 16.1. The lowest BCUT2D eigenvalue weighted by atomic mass is 10.1. The van der Waals surface area contributed by atoms with Gasteiger partial charge in [-0.05, 0) is 50.6 Å². The fraction of sp³-hybridized carbons (Fsp3) is 0.364. The second-order valence-corrected chi connectivity index (χ2v) is 12.0. The van der Waals surface area contributed by atoms with Crippen molar-refractivity contribution in [1.82, 2.24) is 10.2 Å². The molecule has 0 saturated carbocycles. The fourth-order valence-electron chi connectivity index (χ4n) is 3.12. The first kappa shape index (κ1) is 29.8. The SMILES string of the molecule is CC(C)NC(=O)[C@@H](C)N(Cc1ccc(Cl)c(Cl)c1)C(=O)CN(c1cc(Cl)c(Cl)cc1Cl)S(C)(=O)=O. The molecular weight excluding hydrogens is 580 g/mol. The summed E-state index contributed by atoms with van der Waals surface area (Å²) in [6.07, 6.45) is 0.928. The largest absolute Gasteiger partial charge is 0.352 e. The van der Waals surface area contributed by atoms with Gasteiger partial charge in [0.15, 0.2) is 0 Å². The summed E-state index contributed by atoms with van der Waals surface area (Å²) in [6.45, 7) is 4.44. The number of hydrogen-bond acceptors (Lipinski definition) is 4. The number of nitrogens with zero attached hydrogens (tertiary/aromatic N) is 2. The number of hydrogen-bond donors (Lipinski definition) is 1. The lowest BCUT2D eigenvalue weighted by molar-refractivity contribution is -0.139. The monoisotopic (exact) mass is 601 g/mol. The Morgan fingerprint density at radius 2 is 1.46 bits per heavy atom. The molecule has 2 aromatic rings. The molecule has 0 heterocycles. The molecule has 0 radical (unpaired) electrons. The van der Waals surface area contributed by atoms with Crippen molar-refractivity contribution in [3.05, 3.63) is 61.0 Å². The third-order valence-electron chi connectivity index (χ3n) is 4.87. The van der Waals surface area contributed by atoms with E-state index in [1.54, 1.807) is 39.0 Å². The van der Waals surface area contributed by atoms with Gasteiger partial charge in [0.25, 0.3) is 0 Å². The summed E-state index contributed by atoms with van der Waals surface area (Å²) < 4.78 is 26.1. The van der Waals surface area contributed by atoms with Gasteiger partial charge in [0.1, 0.15) is 12.6 Å². The van der Waals surface area contributed by atoms with Gasteiger partial charge < -0.3 is 10.2 Å². The molecule has 1 atom stereocenters. The molecule has 0 aliphatic carbocycles. The van der Waals surface area contributed by atoms with Crippen LogP contribution in [0, 0.1) is 0 Å². The Morgan fingerprint density at radius 1 is 0.886 bits per heavy atom. The van der Waals surface area contributed by atoms with Gasteiger partial charge in [-0.25, -0.2) is 8.42 Å². The summed E-state index contributed by atoms with van der Waals surface area (Å²) >= 11 is 30.4. The van der Waals surface area contributed by atoms with Crippen molar-refractivity contribution < 1.29 is 18.0 Å². The minimum absolute atomic E-state index is 0.0146. The van der Waals surface area contributed by atoms with Crippen LogP contribution in [-0.2, 0) is 26.2 Å². The highest BCUT2D eigenvalue weighted by molar-refractivity contribution is 7.92. The van der Waals surface area contributed by atoms with E-state index >= 15 is 0 Å². The Bertz CT molecular complexity index is 1220. The van der Waals surface area contributed by atoms with Crippen LogP contribution in [0.1, 0.15) is 26.3 Å². The Balaban J connectivity index is 2.48. The van der Waals surface area contributed by atoms with Gasteiger partial charge in [0, 0.05) is 12.6 Å². The quantitative estimate of drug-likeness (QED) is 0.375. The molecule has 2 rings (SSSR count). The number of amides is 2. The number of halogens is 5. The number of benzene rings is 2. The number of sulfonamides is 1. The highest BCUT2D eigenvalue weighted by Crippen LogP contribution is 2.35. The zero-order valence-electron chi connectivity index (χ0n) is 19.3. The molecule has 0 fully saturated rings. The van der Waals surface area contributed by atoms with Crippen LogP contribution in [0.5, 0.6) is 0 Å². The van der Waals surface area contributed by atoms with E-state index in [0.29, 0.717) is 10.6 Å². The Hall–Kier alpha value is -1.42. The van der Waals surface area contributed by atoms with Crippen LogP contribution in [0.3, 0.4) is 0 Å². The van der Waals surface area contributed by atoms with E-state index < -0.39 is 34.4 Å². The van der Waals surface area contributed by atoms with E-state index in [-0.39, 0.29) is 38.4 Å². The zero-order valence-corrected chi connectivity index (χ0v) is 23.9. The summed E-state index contributed by atoms with van der Waals surface area (Å²) in [5, 5.41) is 3.53. The molecule has 2 aromatic carbocycles. The maximum absolute atomic E-state index is 13.5. The maximum atomic E-state index is 13.5. The molecule has 13 heteroatoms. The van der Waals surface area contributed by atoms with E-state index in [9.17, 15) is 18.0 Å². The van der Waals surface area contributed by atoms with E-state index in [1.807, 2.05) is 0 Å². The first-order valence-corrected chi connectivity index (χ1v) is 14.0. The molecule has 2 amide bonds. The minimum Gasteiger partial charge on any atom is -0.352 e. The molecule has 35 heavy (non-hydrogen) atoms. The predicted molar refractivity (Wildman–Crippen MR) is 143 cm³/mol. The molecule has 0 aliphatic heterocycles. The topological polar surface area (TPSA) is 86.8 Å². The van der Waals surface area contributed by atoms with Crippen LogP contribution in [0.4, 0.5) is 5.69 Å². The Kier molecular flexibility index (Phi) is 10.4. The van der Waals surface area contributed by atoms with Crippen molar-refractivity contribution in [2.75, 3.05) is 17.1 Å². The average Bonchev–Trinajstić information content (AvgIpc) is 2.73. The van der Waals surface area contributed by atoms with Gasteiger partial charge in [0.05, 0.1) is 37.1 Å². The molecule has 0 aromatic heterocycles. The normalized spacial score (nSPS) is 12.4. The van der Waals surface area contributed by atoms with Gasteiger partial charge in [-0.1, -0.05) is 64.1 Å².